The first-order valence-electron chi connectivity index (χ1n) is 26.8. The van der Waals surface area contributed by atoms with Gasteiger partial charge in [-0.15, -0.1) is 0 Å². The highest BCUT2D eigenvalue weighted by molar-refractivity contribution is 5.76. The molecule has 0 aliphatic rings. The van der Waals surface area contributed by atoms with Gasteiger partial charge in [-0.1, -0.05) is 290 Å². The maximum Gasteiger partial charge on any atom is 0.220 e. The van der Waals surface area contributed by atoms with E-state index < -0.39 is 18.2 Å². The van der Waals surface area contributed by atoms with E-state index in [1.807, 2.05) is 0 Å². The zero-order valence-corrected chi connectivity index (χ0v) is 39.7. The molecule has 0 radical (unpaired) electrons. The minimum Gasteiger partial charge on any atom is -0.394 e. The van der Waals surface area contributed by atoms with Gasteiger partial charge < -0.3 is 20.6 Å². The quantitative estimate of drug-likeness (QED) is 0.0460. The van der Waals surface area contributed by atoms with Gasteiger partial charge >= 0.3 is 0 Å². The van der Waals surface area contributed by atoms with Gasteiger partial charge in [-0.05, 0) is 12.8 Å². The standard InChI is InChI=1S/C53H107NO4/c1-3-5-7-9-11-13-15-17-19-21-23-25-26-27-28-30-32-34-36-38-40-42-44-46-48-52(57)54-50(49-55)53(58)51(56)47-45-43-41-39-37-35-33-31-29-24-22-20-18-16-14-12-10-8-6-4-2/h50-51,53,55-56,58H,3-49H2,1-2H3,(H,54,57). The zero-order chi connectivity index (χ0) is 42.3. The highest BCUT2D eigenvalue weighted by Gasteiger charge is 2.26. The van der Waals surface area contributed by atoms with Crippen molar-refractivity contribution in [2.75, 3.05) is 6.61 Å². The predicted molar refractivity (Wildman–Crippen MR) is 255 cm³/mol. The molecule has 0 aliphatic carbocycles. The minimum absolute atomic E-state index is 0.136. The summed E-state index contributed by atoms with van der Waals surface area (Å²) in [7, 11) is 0. The second kappa shape index (κ2) is 49.0. The largest absolute Gasteiger partial charge is 0.394 e. The van der Waals surface area contributed by atoms with Crippen LogP contribution in [0.15, 0.2) is 0 Å². The third kappa shape index (κ3) is 43.4. The Labute approximate surface area is 364 Å². The second-order valence-electron chi connectivity index (χ2n) is 18.8. The molecule has 0 fully saturated rings. The van der Waals surface area contributed by atoms with E-state index in [0.29, 0.717) is 12.8 Å². The third-order valence-corrected chi connectivity index (χ3v) is 13.0. The van der Waals surface area contributed by atoms with E-state index in [4.69, 9.17) is 0 Å². The van der Waals surface area contributed by atoms with Crippen LogP contribution in [0.5, 0.6) is 0 Å². The van der Waals surface area contributed by atoms with E-state index in [1.54, 1.807) is 0 Å². The van der Waals surface area contributed by atoms with Crippen LogP contribution in [0, 0.1) is 0 Å². The van der Waals surface area contributed by atoms with Gasteiger partial charge in [0, 0.05) is 6.42 Å². The summed E-state index contributed by atoms with van der Waals surface area (Å²) in [6.45, 7) is 4.22. The Hall–Kier alpha value is -0.650. The summed E-state index contributed by atoms with van der Waals surface area (Å²) in [5.74, 6) is -0.136. The fraction of sp³-hybridized carbons (Fsp3) is 0.981. The Kier molecular flexibility index (Phi) is 48.5. The molecular formula is C53H107NO4. The number of aliphatic hydroxyl groups excluding tert-OH is 3. The second-order valence-corrected chi connectivity index (χ2v) is 18.8. The Morgan fingerprint density at radius 3 is 0.828 bits per heavy atom. The van der Waals surface area contributed by atoms with Gasteiger partial charge in [-0.25, -0.2) is 0 Å². The van der Waals surface area contributed by atoms with E-state index in [-0.39, 0.29) is 12.5 Å². The number of carbonyl (C=O) groups excluding carboxylic acids is 1. The Bertz CT molecular complexity index is 777. The molecule has 3 atom stereocenters. The summed E-state index contributed by atoms with van der Waals surface area (Å²) < 4.78 is 0. The third-order valence-electron chi connectivity index (χ3n) is 13.0. The van der Waals surface area contributed by atoms with Crippen LogP contribution in [0.3, 0.4) is 0 Å². The monoisotopic (exact) mass is 822 g/mol. The van der Waals surface area contributed by atoms with Crippen LogP contribution in [0.4, 0.5) is 0 Å². The van der Waals surface area contributed by atoms with Crippen molar-refractivity contribution in [3.05, 3.63) is 0 Å². The van der Waals surface area contributed by atoms with Gasteiger partial charge in [0.2, 0.25) is 5.91 Å². The van der Waals surface area contributed by atoms with Crippen molar-refractivity contribution in [1.29, 1.82) is 0 Å². The van der Waals surface area contributed by atoms with Crippen molar-refractivity contribution in [3.8, 4) is 0 Å². The fourth-order valence-electron chi connectivity index (χ4n) is 8.81. The summed E-state index contributed by atoms with van der Waals surface area (Å²) in [6, 6.07) is -0.804. The predicted octanol–water partition coefficient (Wildman–Crippen LogP) is 16.2. The lowest BCUT2D eigenvalue weighted by molar-refractivity contribution is -0.124. The van der Waals surface area contributed by atoms with E-state index in [2.05, 4.69) is 19.2 Å². The molecule has 1 amide bonds. The average molecular weight is 822 g/mol. The lowest BCUT2D eigenvalue weighted by Gasteiger charge is -2.26. The van der Waals surface area contributed by atoms with Crippen molar-refractivity contribution in [2.45, 2.75) is 327 Å². The molecular weight excluding hydrogens is 715 g/mol. The number of aliphatic hydroxyl groups is 3. The number of nitrogens with one attached hydrogen (secondary N) is 1. The van der Waals surface area contributed by atoms with Gasteiger partial charge in [-0.2, -0.15) is 0 Å². The van der Waals surface area contributed by atoms with E-state index in [0.717, 1.165) is 32.1 Å². The summed E-state index contributed by atoms with van der Waals surface area (Å²) in [6.07, 6.45) is 58.1. The Morgan fingerprint density at radius 2 is 0.586 bits per heavy atom. The van der Waals surface area contributed by atoms with E-state index in [9.17, 15) is 20.1 Å². The molecule has 0 aromatic carbocycles. The average Bonchev–Trinajstić information content (AvgIpc) is 3.23. The molecule has 0 spiro atoms. The molecule has 0 bridgehead atoms. The SMILES string of the molecule is CCCCCCCCCCCCCCCCCCCCCCCCCCC(=O)NC(CO)C(O)C(O)CCCCCCCCCCCCCCCCCCCCCC. The van der Waals surface area contributed by atoms with Gasteiger partial charge in [0.25, 0.3) is 0 Å². The van der Waals surface area contributed by atoms with Crippen molar-refractivity contribution in [1.82, 2.24) is 5.32 Å². The summed E-state index contributed by atoms with van der Waals surface area (Å²) in [5, 5.41) is 33.8. The number of amides is 1. The van der Waals surface area contributed by atoms with Gasteiger partial charge in [0.05, 0.1) is 18.8 Å². The van der Waals surface area contributed by atoms with Crippen LogP contribution in [0.1, 0.15) is 309 Å². The number of unbranched alkanes of at least 4 members (excludes halogenated alkanes) is 42. The van der Waals surface area contributed by atoms with Crippen molar-refractivity contribution in [2.24, 2.45) is 0 Å². The summed E-state index contributed by atoms with van der Waals surface area (Å²) >= 11 is 0. The molecule has 5 heteroatoms. The van der Waals surface area contributed by atoms with Gasteiger partial charge in [-0.3, -0.25) is 4.79 Å². The van der Waals surface area contributed by atoms with Crippen molar-refractivity contribution >= 4 is 5.91 Å². The normalized spacial score (nSPS) is 13.3. The lowest BCUT2D eigenvalue weighted by atomic mass is 9.99. The molecule has 0 saturated carbocycles. The topological polar surface area (TPSA) is 89.8 Å². The first-order valence-corrected chi connectivity index (χ1v) is 26.8. The number of hydrogen-bond donors (Lipinski definition) is 4. The molecule has 0 aromatic heterocycles. The van der Waals surface area contributed by atoms with Crippen LogP contribution in [-0.2, 0) is 4.79 Å². The maximum absolute atomic E-state index is 12.5. The van der Waals surface area contributed by atoms with Gasteiger partial charge in [0.1, 0.15) is 6.10 Å². The lowest BCUT2D eigenvalue weighted by Crippen LogP contribution is -2.50. The molecule has 0 aliphatic heterocycles. The number of hydrogen-bond acceptors (Lipinski definition) is 4. The van der Waals surface area contributed by atoms with Crippen LogP contribution in [-0.4, -0.2) is 46.1 Å². The highest BCUT2D eigenvalue weighted by atomic mass is 16.3. The molecule has 0 aromatic rings. The fourth-order valence-corrected chi connectivity index (χ4v) is 8.81. The Balaban J connectivity index is 3.51. The first kappa shape index (κ1) is 57.3. The maximum atomic E-state index is 12.5. The highest BCUT2D eigenvalue weighted by Crippen LogP contribution is 2.18. The zero-order valence-electron chi connectivity index (χ0n) is 39.7. The molecule has 3 unspecified atom stereocenters. The smallest absolute Gasteiger partial charge is 0.220 e. The summed E-state index contributed by atoms with van der Waals surface area (Å²) in [5.41, 5.74) is 0. The molecule has 0 rings (SSSR count). The van der Waals surface area contributed by atoms with Crippen molar-refractivity contribution in [3.63, 3.8) is 0 Å². The molecule has 0 heterocycles. The van der Waals surface area contributed by atoms with Crippen LogP contribution in [0.25, 0.3) is 0 Å². The molecule has 4 N–H and O–H groups in total. The first-order chi connectivity index (χ1) is 28.6. The number of carbonyl (C=O) groups is 1. The van der Waals surface area contributed by atoms with Crippen LogP contribution < -0.4 is 5.32 Å². The number of rotatable bonds is 50. The molecule has 58 heavy (non-hydrogen) atoms. The Morgan fingerprint density at radius 1 is 0.362 bits per heavy atom. The van der Waals surface area contributed by atoms with E-state index in [1.165, 1.54) is 250 Å². The summed E-state index contributed by atoms with van der Waals surface area (Å²) in [4.78, 5) is 12.5. The van der Waals surface area contributed by atoms with Crippen molar-refractivity contribution < 1.29 is 20.1 Å². The molecule has 0 saturated heterocycles. The van der Waals surface area contributed by atoms with Crippen LogP contribution in [0.2, 0.25) is 0 Å². The minimum atomic E-state index is -1.13. The van der Waals surface area contributed by atoms with E-state index >= 15 is 0 Å². The molecule has 348 valence electrons. The molecule has 5 nitrogen and oxygen atoms in total. The van der Waals surface area contributed by atoms with Gasteiger partial charge in [0.15, 0.2) is 0 Å². The van der Waals surface area contributed by atoms with Crippen LogP contribution >= 0.6 is 0 Å².